The third-order valence-electron chi connectivity index (χ3n) is 10.0. The number of carboxylic acids is 1. The highest BCUT2D eigenvalue weighted by atomic mass is 32.1. The Kier molecular flexibility index (Phi) is 10.1. The molecule has 0 saturated carbocycles. The van der Waals surface area contributed by atoms with Gasteiger partial charge in [0.2, 0.25) is 5.91 Å². The van der Waals surface area contributed by atoms with E-state index in [9.17, 15) is 24.3 Å². The molecule has 1 aliphatic heterocycles. The van der Waals surface area contributed by atoms with Crippen LogP contribution in [0.5, 0.6) is 17.2 Å². The Morgan fingerprint density at radius 3 is 2.54 bits per heavy atom. The summed E-state index contributed by atoms with van der Waals surface area (Å²) in [6, 6.07) is 8.54. The van der Waals surface area contributed by atoms with Gasteiger partial charge in [-0.25, -0.2) is 0 Å². The van der Waals surface area contributed by atoms with Gasteiger partial charge in [0.15, 0.2) is 17.3 Å². The number of nitrogens with one attached hydrogen (secondary N) is 1. The van der Waals surface area contributed by atoms with E-state index in [1.807, 2.05) is 13.0 Å². The Morgan fingerprint density at radius 1 is 1.13 bits per heavy atom. The fourth-order valence-corrected chi connectivity index (χ4v) is 8.34. The molecule has 3 heterocycles. The first-order chi connectivity index (χ1) is 24.8. The second-order valence-electron chi connectivity index (χ2n) is 13.2. The number of benzene rings is 2. The lowest BCUT2D eigenvalue weighted by Crippen LogP contribution is -2.62. The van der Waals surface area contributed by atoms with Crippen LogP contribution in [0, 0.1) is 18.8 Å². The number of fused-ring (bicyclic) bond motifs is 1. The van der Waals surface area contributed by atoms with Crippen molar-refractivity contribution >= 4 is 45.0 Å². The second-order valence-corrected chi connectivity index (χ2v) is 14.3. The molecule has 2 aromatic heterocycles. The van der Waals surface area contributed by atoms with Gasteiger partial charge in [0, 0.05) is 40.8 Å². The summed E-state index contributed by atoms with van der Waals surface area (Å²) in [5.41, 5.74) is 20.9. The number of rotatable bonds is 14. The van der Waals surface area contributed by atoms with Gasteiger partial charge in [-0.1, -0.05) is 12.2 Å². The number of primary amides is 1. The number of hydrogen-bond acceptors (Lipinski definition) is 11. The SMILES string of the molecule is CCn1nc(C)cc1C(=O)NC1C(N)c2cc(C(N)=O)cc3c2C1(N)C(C/C=C/CC(CC(=O)c1cc2cc(OC)c(OC)cc2s1)C(=O)O)CO3. The monoisotopic (exact) mass is 730 g/mol. The third-order valence-corrected chi connectivity index (χ3v) is 11.1. The lowest BCUT2D eigenvalue weighted by Gasteiger charge is -2.44. The Bertz CT molecular complexity index is 2070. The van der Waals surface area contributed by atoms with Crippen LogP contribution >= 0.6 is 11.3 Å². The quantitative estimate of drug-likeness (QED) is 0.0926. The number of methoxy groups -OCH3 is 2. The molecule has 274 valence electrons. The number of carboxylic acid groups (broad SMARTS) is 1. The Hall–Kier alpha value is -5.25. The van der Waals surface area contributed by atoms with Crippen molar-refractivity contribution in [2.45, 2.75) is 57.3 Å². The Labute approximate surface area is 303 Å². The number of Topliss-reactive ketones (excluding diaryl/α,β-unsaturated/α-hetero) is 1. The highest BCUT2D eigenvalue weighted by Crippen LogP contribution is 2.53. The molecule has 5 atom stereocenters. The van der Waals surface area contributed by atoms with Crippen LogP contribution in [0.25, 0.3) is 10.1 Å². The van der Waals surface area contributed by atoms with Gasteiger partial charge in [0.1, 0.15) is 11.4 Å². The molecule has 0 spiro atoms. The van der Waals surface area contributed by atoms with Gasteiger partial charge in [0.25, 0.3) is 5.91 Å². The van der Waals surface area contributed by atoms with Crippen molar-refractivity contribution in [3.63, 3.8) is 0 Å². The van der Waals surface area contributed by atoms with E-state index >= 15 is 0 Å². The number of carbonyl (C=O) groups excluding carboxylic acids is 3. The molecule has 2 aliphatic rings. The van der Waals surface area contributed by atoms with E-state index in [-0.39, 0.29) is 30.8 Å². The van der Waals surface area contributed by atoms with Crippen molar-refractivity contribution in [3.8, 4) is 17.2 Å². The maximum atomic E-state index is 13.7. The topological polar surface area (TPSA) is 224 Å². The number of ketones is 1. The fraction of sp³-hybridized carbons (Fsp3) is 0.378. The summed E-state index contributed by atoms with van der Waals surface area (Å²) in [7, 11) is 3.06. The van der Waals surface area contributed by atoms with Crippen molar-refractivity contribution in [2.24, 2.45) is 29.0 Å². The molecular formula is C37H42N6O8S. The predicted molar refractivity (Wildman–Crippen MR) is 194 cm³/mol. The minimum Gasteiger partial charge on any atom is -0.493 e. The van der Waals surface area contributed by atoms with Crippen molar-refractivity contribution in [1.82, 2.24) is 15.1 Å². The van der Waals surface area contributed by atoms with E-state index < -0.39 is 47.2 Å². The fourth-order valence-electron chi connectivity index (χ4n) is 7.32. The molecule has 0 fully saturated rings. The van der Waals surface area contributed by atoms with Gasteiger partial charge in [-0.2, -0.15) is 5.10 Å². The van der Waals surface area contributed by atoms with Crippen molar-refractivity contribution in [1.29, 1.82) is 0 Å². The normalized spacial score (nSPS) is 21.1. The zero-order valence-corrected chi connectivity index (χ0v) is 30.1. The zero-order chi connectivity index (χ0) is 37.5. The molecular weight excluding hydrogens is 689 g/mol. The molecule has 1 aliphatic carbocycles. The van der Waals surface area contributed by atoms with Gasteiger partial charge in [-0.3, -0.25) is 23.9 Å². The molecule has 0 radical (unpaired) electrons. The Balaban J connectivity index is 1.21. The summed E-state index contributed by atoms with van der Waals surface area (Å²) in [6.07, 6.45) is 3.81. The van der Waals surface area contributed by atoms with E-state index in [1.165, 1.54) is 25.6 Å². The van der Waals surface area contributed by atoms with Gasteiger partial charge < -0.3 is 41.8 Å². The number of nitrogens with zero attached hydrogens (tertiary/aromatic N) is 2. The van der Waals surface area contributed by atoms with Crippen LogP contribution in [-0.2, 0) is 16.9 Å². The first-order valence-corrected chi connectivity index (χ1v) is 17.7. The summed E-state index contributed by atoms with van der Waals surface area (Å²) >= 11 is 1.27. The largest absolute Gasteiger partial charge is 0.493 e. The first kappa shape index (κ1) is 36.5. The molecule has 4 aromatic rings. The minimum absolute atomic E-state index is 0.0998. The number of thiophene rings is 1. The number of aryl methyl sites for hydroxylation is 2. The lowest BCUT2D eigenvalue weighted by molar-refractivity contribution is -0.141. The number of nitrogens with two attached hydrogens (primary N) is 3. The standard InChI is InChI=1S/C37H42N6O8S/c1-5-43-24(10-18(2)42-43)35(46)41-33-32(38)23-11-21(34(39)45)14-28-31(23)37(33,40)22(17-51-28)9-7-6-8-19(36(47)48)12-25(44)30-15-20-13-26(49-3)27(50-4)16-29(20)52-30/h6-7,10-11,13-16,19,22,32-33H,5,8-9,12,17,38,40H2,1-4H3,(H2,39,45)(H,41,46)(H,47,48)/b7-6+. The minimum atomic E-state index is -1.22. The van der Waals surface area contributed by atoms with Crippen LogP contribution in [0.4, 0.5) is 0 Å². The maximum Gasteiger partial charge on any atom is 0.307 e. The van der Waals surface area contributed by atoms with Gasteiger partial charge >= 0.3 is 5.97 Å². The molecule has 5 unspecified atom stereocenters. The number of aliphatic carboxylic acids is 1. The molecule has 6 rings (SSSR count). The van der Waals surface area contributed by atoms with Gasteiger partial charge in [-0.15, -0.1) is 11.3 Å². The summed E-state index contributed by atoms with van der Waals surface area (Å²) in [5.74, 6) is -2.36. The van der Waals surface area contributed by atoms with E-state index in [2.05, 4.69) is 10.4 Å². The van der Waals surface area contributed by atoms with E-state index in [0.29, 0.717) is 57.6 Å². The smallest absolute Gasteiger partial charge is 0.307 e. The molecule has 52 heavy (non-hydrogen) atoms. The molecule has 2 amide bonds. The number of allylic oxidation sites excluding steroid dienone is 2. The van der Waals surface area contributed by atoms with Crippen molar-refractivity contribution < 1.29 is 38.5 Å². The molecule has 14 nitrogen and oxygen atoms in total. The summed E-state index contributed by atoms with van der Waals surface area (Å²) in [5, 5.41) is 18.3. The van der Waals surface area contributed by atoms with Gasteiger partial charge in [0.05, 0.1) is 54.9 Å². The third kappa shape index (κ3) is 6.50. The predicted octanol–water partition coefficient (Wildman–Crippen LogP) is 3.83. The van der Waals surface area contributed by atoms with Crippen LogP contribution in [0.1, 0.15) is 79.6 Å². The molecule has 15 heteroatoms. The average Bonchev–Trinajstić information content (AvgIpc) is 3.78. The Morgan fingerprint density at radius 2 is 1.87 bits per heavy atom. The molecule has 0 bridgehead atoms. The number of aromatic nitrogens is 2. The number of ether oxygens (including phenoxy) is 3. The van der Waals surface area contributed by atoms with Crippen LogP contribution in [0.2, 0.25) is 0 Å². The van der Waals surface area contributed by atoms with Crippen LogP contribution in [0.3, 0.4) is 0 Å². The van der Waals surface area contributed by atoms with Crippen LogP contribution in [0.15, 0.2) is 48.6 Å². The second kappa shape index (κ2) is 14.4. The number of amides is 2. The van der Waals surface area contributed by atoms with E-state index in [1.54, 1.807) is 54.1 Å². The lowest BCUT2D eigenvalue weighted by atomic mass is 9.73. The van der Waals surface area contributed by atoms with Crippen molar-refractivity contribution in [3.05, 3.63) is 81.5 Å². The average molecular weight is 731 g/mol. The van der Waals surface area contributed by atoms with Crippen LogP contribution in [-0.4, -0.2) is 65.3 Å². The number of hydrogen-bond donors (Lipinski definition) is 5. The van der Waals surface area contributed by atoms with E-state index in [4.69, 9.17) is 31.4 Å². The van der Waals surface area contributed by atoms with Crippen molar-refractivity contribution in [2.75, 3.05) is 20.8 Å². The summed E-state index contributed by atoms with van der Waals surface area (Å²) in [4.78, 5) is 51.9. The summed E-state index contributed by atoms with van der Waals surface area (Å²) in [6.45, 7) is 4.29. The molecule has 8 N–H and O–H groups in total. The summed E-state index contributed by atoms with van der Waals surface area (Å²) < 4.78 is 19.3. The van der Waals surface area contributed by atoms with Gasteiger partial charge in [-0.05, 0) is 68.0 Å². The molecule has 0 saturated heterocycles. The number of carbonyl (C=O) groups is 4. The highest BCUT2D eigenvalue weighted by molar-refractivity contribution is 7.20. The molecule has 2 aromatic carbocycles. The van der Waals surface area contributed by atoms with Crippen LogP contribution < -0.4 is 36.7 Å². The highest BCUT2D eigenvalue weighted by Gasteiger charge is 2.57. The maximum absolute atomic E-state index is 13.7. The zero-order valence-electron chi connectivity index (χ0n) is 29.3. The first-order valence-electron chi connectivity index (χ1n) is 16.9. The van der Waals surface area contributed by atoms with E-state index in [0.717, 1.165) is 10.1 Å².